The number of aromatic hydroxyl groups is 2. The number of benzene rings is 2. The average Bonchev–Trinajstić information content (AvgIpc) is 3.37. The lowest BCUT2D eigenvalue weighted by Gasteiger charge is -2.28. The molecule has 3 N–H and O–H groups in total. The Morgan fingerprint density at radius 3 is 2.48 bits per heavy atom. The second-order valence-electron chi connectivity index (χ2n) is 8.19. The molecule has 0 radical (unpaired) electrons. The zero-order valence-electron chi connectivity index (χ0n) is 18.0. The summed E-state index contributed by atoms with van der Waals surface area (Å²) in [5, 5.41) is 34.7. The monoisotopic (exact) mass is 461 g/mol. The number of phenolic OH excluding ortho intramolecular Hbond substituents is 2. The number of nitrogens with zero attached hydrogens (tertiary/aromatic N) is 1. The van der Waals surface area contributed by atoms with E-state index in [2.05, 4.69) is 4.98 Å². The number of fused-ring (bicyclic) bond motifs is 3. The van der Waals surface area contributed by atoms with Gasteiger partial charge in [-0.15, -0.1) is 11.3 Å². The van der Waals surface area contributed by atoms with Crippen molar-refractivity contribution in [1.82, 2.24) is 4.98 Å². The molecule has 1 atom stereocenters. The van der Waals surface area contributed by atoms with Gasteiger partial charge in [-0.1, -0.05) is 30.3 Å². The van der Waals surface area contributed by atoms with Crippen LogP contribution >= 0.6 is 11.3 Å². The fourth-order valence-corrected chi connectivity index (χ4v) is 5.19. The number of aliphatic hydroxyl groups is 1. The summed E-state index contributed by atoms with van der Waals surface area (Å²) in [5.74, 6) is -2.17. The second kappa shape index (κ2) is 7.05. The van der Waals surface area contributed by atoms with E-state index in [4.69, 9.17) is 4.74 Å². The van der Waals surface area contributed by atoms with Gasteiger partial charge >= 0.3 is 0 Å². The Hall–Kier alpha value is -3.91. The number of phenols is 2. The van der Waals surface area contributed by atoms with Crippen molar-refractivity contribution in [2.75, 3.05) is 0 Å². The van der Waals surface area contributed by atoms with E-state index in [9.17, 15) is 24.9 Å². The van der Waals surface area contributed by atoms with Gasteiger partial charge in [-0.05, 0) is 20.8 Å². The van der Waals surface area contributed by atoms with E-state index < -0.39 is 22.7 Å². The van der Waals surface area contributed by atoms with E-state index in [1.54, 1.807) is 5.38 Å². The van der Waals surface area contributed by atoms with Gasteiger partial charge in [-0.3, -0.25) is 9.59 Å². The molecule has 2 aliphatic rings. The molecule has 5 rings (SSSR count). The predicted octanol–water partition coefficient (Wildman–Crippen LogP) is 4.71. The van der Waals surface area contributed by atoms with Crippen LogP contribution in [0.25, 0.3) is 21.8 Å². The Bertz CT molecular complexity index is 1430. The number of hydrogen-bond donors (Lipinski definition) is 3. The highest BCUT2D eigenvalue weighted by Crippen LogP contribution is 2.60. The molecule has 1 aromatic heterocycles. The lowest BCUT2D eigenvalue weighted by atomic mass is 9.71. The van der Waals surface area contributed by atoms with Crippen molar-refractivity contribution in [1.29, 1.82) is 0 Å². The van der Waals surface area contributed by atoms with Crippen LogP contribution in [0.5, 0.6) is 17.2 Å². The van der Waals surface area contributed by atoms with Crippen molar-refractivity contribution < 1.29 is 29.6 Å². The number of carbonyl (C=O) groups is 2. The molecule has 0 bridgehead atoms. The van der Waals surface area contributed by atoms with Crippen LogP contribution in [0.15, 0.2) is 58.9 Å². The van der Waals surface area contributed by atoms with E-state index >= 15 is 0 Å². The summed E-state index contributed by atoms with van der Waals surface area (Å²) >= 11 is 1.38. The first kappa shape index (κ1) is 21.0. The van der Waals surface area contributed by atoms with Gasteiger partial charge in [-0.2, -0.15) is 0 Å². The molecular weight excluding hydrogens is 442 g/mol. The second-order valence-corrected chi connectivity index (χ2v) is 9.04. The highest BCUT2D eigenvalue weighted by Gasteiger charge is 2.55. The number of allylic oxidation sites excluding steroid dienone is 3. The third-order valence-electron chi connectivity index (χ3n) is 6.18. The molecule has 8 heteroatoms. The molecule has 0 saturated carbocycles. The van der Waals surface area contributed by atoms with Crippen molar-refractivity contribution in [3.63, 3.8) is 0 Å². The van der Waals surface area contributed by atoms with Gasteiger partial charge in [-0.25, -0.2) is 4.98 Å². The van der Waals surface area contributed by atoms with E-state index in [-0.39, 0.29) is 45.3 Å². The molecule has 0 fully saturated rings. The van der Waals surface area contributed by atoms with E-state index in [1.807, 2.05) is 30.3 Å². The number of ether oxygens (including phenoxy) is 1. The normalized spacial score (nSPS) is 19.1. The van der Waals surface area contributed by atoms with Crippen LogP contribution in [0.1, 0.15) is 25.0 Å². The molecule has 166 valence electrons. The number of Topliss-reactive ketones (excluding diaryl/α,β-unsaturated/α-hetero) is 2. The first-order valence-corrected chi connectivity index (χ1v) is 11.0. The third-order valence-corrected chi connectivity index (χ3v) is 7.07. The molecule has 1 aliphatic heterocycles. The largest absolute Gasteiger partial charge is 0.507 e. The lowest BCUT2D eigenvalue weighted by molar-refractivity contribution is -0.123. The topological polar surface area (TPSA) is 117 Å². The zero-order valence-corrected chi connectivity index (χ0v) is 18.8. The molecule has 3 aromatic rings. The maximum Gasteiger partial charge on any atom is 0.188 e. The Morgan fingerprint density at radius 1 is 1.12 bits per heavy atom. The van der Waals surface area contributed by atoms with Gasteiger partial charge in [0.15, 0.2) is 11.6 Å². The number of carbonyl (C=O) groups excluding carboxylic acids is 2. The number of hydrogen-bond acceptors (Lipinski definition) is 8. The maximum atomic E-state index is 13.4. The first-order valence-electron chi connectivity index (χ1n) is 10.2. The van der Waals surface area contributed by atoms with Crippen molar-refractivity contribution in [3.8, 4) is 39.1 Å². The zero-order chi connectivity index (χ0) is 23.7. The summed E-state index contributed by atoms with van der Waals surface area (Å²) in [5.41, 5.74) is -0.0751. The molecule has 2 heterocycles. The Morgan fingerprint density at radius 2 is 1.82 bits per heavy atom. The summed E-state index contributed by atoms with van der Waals surface area (Å²) in [6, 6.07) is 9.54. The van der Waals surface area contributed by atoms with Crippen LogP contribution in [0.2, 0.25) is 0 Å². The third kappa shape index (κ3) is 2.77. The number of thiazole rings is 1. The van der Waals surface area contributed by atoms with Crippen LogP contribution < -0.4 is 4.74 Å². The molecule has 1 aliphatic carbocycles. The highest BCUT2D eigenvalue weighted by atomic mass is 32.1. The SMILES string of the molecule is CC(=O)C1=C(O)C=C2Oc3c(-c4csc(-c5ccccc5)n4)c(O)c(C)c(O)c3[C@@]2(C)C1=O. The van der Waals surface area contributed by atoms with Crippen LogP contribution in [0.3, 0.4) is 0 Å². The standard InChI is InChI=1S/C25H19NO6S/c1-11-20(29)18(14-10-33-24(26-14)13-7-5-4-6-8-13)22-19(21(11)30)25(3)16(32-22)9-15(28)17(12(2)27)23(25)31/h4-10,28-30H,1-3H3/t25-/m0/s1. The van der Waals surface area contributed by atoms with Gasteiger partial charge in [0.1, 0.15) is 44.8 Å². The molecule has 0 unspecified atom stereocenters. The van der Waals surface area contributed by atoms with E-state index in [0.29, 0.717) is 5.69 Å². The van der Waals surface area contributed by atoms with Gasteiger partial charge in [0.05, 0.1) is 16.8 Å². The number of aromatic nitrogens is 1. The summed E-state index contributed by atoms with van der Waals surface area (Å²) in [6.45, 7) is 4.24. The quantitative estimate of drug-likeness (QED) is 0.484. The summed E-state index contributed by atoms with van der Waals surface area (Å²) < 4.78 is 5.98. The van der Waals surface area contributed by atoms with E-state index in [1.165, 1.54) is 38.2 Å². The number of rotatable bonds is 3. The number of aliphatic hydroxyl groups excluding tert-OH is 1. The van der Waals surface area contributed by atoms with Crippen LogP contribution in [-0.4, -0.2) is 31.9 Å². The Kier molecular flexibility index (Phi) is 4.48. The molecule has 0 amide bonds. The molecule has 0 saturated heterocycles. The lowest BCUT2D eigenvalue weighted by Crippen LogP contribution is -2.38. The van der Waals surface area contributed by atoms with Gasteiger partial charge in [0, 0.05) is 22.6 Å². The summed E-state index contributed by atoms with van der Waals surface area (Å²) in [4.78, 5) is 30.1. The van der Waals surface area contributed by atoms with Gasteiger partial charge in [0.2, 0.25) is 0 Å². The predicted molar refractivity (Wildman–Crippen MR) is 122 cm³/mol. The van der Waals surface area contributed by atoms with Crippen molar-refractivity contribution in [3.05, 3.63) is 70.0 Å². The maximum absolute atomic E-state index is 13.4. The first-order chi connectivity index (χ1) is 15.7. The molecule has 7 nitrogen and oxygen atoms in total. The van der Waals surface area contributed by atoms with E-state index in [0.717, 1.165) is 10.6 Å². The van der Waals surface area contributed by atoms with Crippen LogP contribution in [0, 0.1) is 6.92 Å². The average molecular weight is 461 g/mol. The smallest absolute Gasteiger partial charge is 0.188 e. The minimum absolute atomic E-state index is 0.0602. The fraction of sp³-hybridized carbons (Fsp3) is 0.160. The molecule has 2 aromatic carbocycles. The van der Waals surface area contributed by atoms with Crippen LogP contribution in [-0.2, 0) is 15.0 Å². The van der Waals surface area contributed by atoms with Gasteiger partial charge < -0.3 is 20.1 Å². The molecular formula is C25H19NO6S. The van der Waals surface area contributed by atoms with Crippen molar-refractivity contribution in [2.24, 2.45) is 0 Å². The summed E-state index contributed by atoms with van der Waals surface area (Å²) in [6.07, 6.45) is 1.21. The number of ketones is 2. The molecule has 33 heavy (non-hydrogen) atoms. The minimum atomic E-state index is -1.54. The highest BCUT2D eigenvalue weighted by molar-refractivity contribution is 7.13. The van der Waals surface area contributed by atoms with Crippen molar-refractivity contribution >= 4 is 22.9 Å². The molecule has 0 spiro atoms. The van der Waals surface area contributed by atoms with Crippen LogP contribution in [0.4, 0.5) is 0 Å². The minimum Gasteiger partial charge on any atom is -0.507 e. The fourth-order valence-electron chi connectivity index (χ4n) is 4.37. The summed E-state index contributed by atoms with van der Waals surface area (Å²) in [7, 11) is 0. The van der Waals surface area contributed by atoms with Gasteiger partial charge in [0.25, 0.3) is 0 Å². The Balaban J connectivity index is 1.75. The Labute approximate surface area is 192 Å². The van der Waals surface area contributed by atoms with Crippen molar-refractivity contribution in [2.45, 2.75) is 26.2 Å².